The van der Waals surface area contributed by atoms with Crippen molar-refractivity contribution in [3.05, 3.63) is 42.5 Å². The summed E-state index contributed by atoms with van der Waals surface area (Å²) in [5.41, 5.74) is 0. The molecule has 0 nitrogen and oxygen atoms in total. The topological polar surface area (TPSA) is 0 Å². The molecule has 0 N–H and O–H groups in total. The van der Waals surface area contributed by atoms with Gasteiger partial charge in [-0.15, -0.1) is 11.8 Å². The first kappa shape index (κ1) is 7.93. The molecule has 1 heteroatoms. The maximum Gasteiger partial charge on any atom is 0.0277 e. The van der Waals surface area contributed by atoms with Gasteiger partial charge in [-0.25, -0.2) is 0 Å². The highest BCUT2D eigenvalue weighted by atomic mass is 32.2. The van der Waals surface area contributed by atoms with Crippen molar-refractivity contribution in [2.75, 3.05) is 0 Å². The van der Waals surface area contributed by atoms with Gasteiger partial charge in [-0.05, 0) is 25.0 Å². The van der Waals surface area contributed by atoms with Crippen LogP contribution in [0.15, 0.2) is 47.4 Å². The fraction of sp³-hybridized carbons (Fsp3) is 0.273. The number of hydrogen-bond donors (Lipinski definition) is 0. The number of rotatable bonds is 2. The third-order valence-corrected chi connectivity index (χ3v) is 3.24. The van der Waals surface area contributed by atoms with E-state index in [0.717, 1.165) is 0 Å². The lowest BCUT2D eigenvalue weighted by Gasteiger charge is -2.05. The molecular formula is C11H12S. The van der Waals surface area contributed by atoms with Crippen molar-refractivity contribution >= 4 is 11.8 Å². The molecule has 0 aromatic heterocycles. The van der Waals surface area contributed by atoms with Crippen LogP contribution in [0, 0.1) is 0 Å². The lowest BCUT2D eigenvalue weighted by atomic mass is 10.4. The molecule has 1 aromatic carbocycles. The zero-order chi connectivity index (χ0) is 8.23. The Hall–Kier alpha value is -0.690. The first-order valence-electron chi connectivity index (χ1n) is 4.33. The van der Waals surface area contributed by atoms with Gasteiger partial charge in [0.15, 0.2) is 0 Å². The van der Waals surface area contributed by atoms with E-state index in [1.165, 1.54) is 17.7 Å². The Morgan fingerprint density at radius 2 is 2.00 bits per heavy atom. The molecule has 0 amide bonds. The number of benzene rings is 1. The lowest BCUT2D eigenvalue weighted by Crippen LogP contribution is -1.90. The van der Waals surface area contributed by atoms with Gasteiger partial charge in [-0.1, -0.05) is 30.4 Å². The average molecular weight is 176 g/mol. The van der Waals surface area contributed by atoms with E-state index in [2.05, 4.69) is 42.5 Å². The van der Waals surface area contributed by atoms with Crippen LogP contribution in [0.1, 0.15) is 12.8 Å². The SMILES string of the molecule is C1=CC(Sc2ccccc2)CC1. The Morgan fingerprint density at radius 1 is 1.17 bits per heavy atom. The van der Waals surface area contributed by atoms with Crippen LogP contribution in [0.5, 0.6) is 0 Å². The summed E-state index contributed by atoms with van der Waals surface area (Å²) in [4.78, 5) is 1.38. The van der Waals surface area contributed by atoms with Crippen LogP contribution in [-0.4, -0.2) is 5.25 Å². The van der Waals surface area contributed by atoms with Gasteiger partial charge in [0.05, 0.1) is 0 Å². The van der Waals surface area contributed by atoms with Crippen LogP contribution in [-0.2, 0) is 0 Å². The van der Waals surface area contributed by atoms with E-state index in [0.29, 0.717) is 5.25 Å². The van der Waals surface area contributed by atoms with Gasteiger partial charge in [0.25, 0.3) is 0 Å². The van der Waals surface area contributed by atoms with Crippen LogP contribution in [0.25, 0.3) is 0 Å². The quantitative estimate of drug-likeness (QED) is 0.621. The third kappa shape index (κ3) is 1.92. The van der Waals surface area contributed by atoms with Crippen molar-refractivity contribution in [3.63, 3.8) is 0 Å². The molecule has 1 atom stereocenters. The second kappa shape index (κ2) is 3.81. The zero-order valence-corrected chi connectivity index (χ0v) is 7.76. The van der Waals surface area contributed by atoms with Gasteiger partial charge in [0.1, 0.15) is 0 Å². The Balaban J connectivity index is 1.99. The number of allylic oxidation sites excluding steroid dienone is 1. The molecule has 62 valence electrons. The van der Waals surface area contributed by atoms with Gasteiger partial charge in [0, 0.05) is 10.1 Å². The molecule has 0 saturated heterocycles. The minimum absolute atomic E-state index is 0.715. The molecule has 0 radical (unpaired) electrons. The van der Waals surface area contributed by atoms with Crippen molar-refractivity contribution < 1.29 is 0 Å². The monoisotopic (exact) mass is 176 g/mol. The molecule has 1 aliphatic rings. The smallest absolute Gasteiger partial charge is 0.0277 e. The van der Waals surface area contributed by atoms with E-state index in [9.17, 15) is 0 Å². The molecular weight excluding hydrogens is 164 g/mol. The van der Waals surface area contributed by atoms with Crippen LogP contribution in [0.4, 0.5) is 0 Å². The summed E-state index contributed by atoms with van der Waals surface area (Å²) in [5.74, 6) is 0. The summed E-state index contributed by atoms with van der Waals surface area (Å²) in [6.45, 7) is 0. The highest BCUT2D eigenvalue weighted by molar-refractivity contribution is 8.00. The minimum Gasteiger partial charge on any atom is -0.119 e. The maximum absolute atomic E-state index is 2.32. The Kier molecular flexibility index (Phi) is 2.52. The maximum atomic E-state index is 2.32. The van der Waals surface area contributed by atoms with Gasteiger partial charge < -0.3 is 0 Å². The molecule has 1 aliphatic carbocycles. The van der Waals surface area contributed by atoms with Crippen LogP contribution < -0.4 is 0 Å². The summed E-state index contributed by atoms with van der Waals surface area (Å²) in [6.07, 6.45) is 7.16. The average Bonchev–Trinajstić information content (AvgIpc) is 2.59. The fourth-order valence-electron chi connectivity index (χ4n) is 1.38. The van der Waals surface area contributed by atoms with Crippen molar-refractivity contribution in [2.24, 2.45) is 0 Å². The summed E-state index contributed by atoms with van der Waals surface area (Å²) in [5, 5.41) is 0.715. The van der Waals surface area contributed by atoms with Gasteiger partial charge >= 0.3 is 0 Å². The first-order valence-corrected chi connectivity index (χ1v) is 5.21. The molecule has 1 unspecified atom stereocenters. The van der Waals surface area contributed by atoms with Crippen molar-refractivity contribution in [1.29, 1.82) is 0 Å². The van der Waals surface area contributed by atoms with Crippen molar-refractivity contribution in [3.8, 4) is 0 Å². The van der Waals surface area contributed by atoms with E-state index in [1.54, 1.807) is 0 Å². The summed E-state index contributed by atoms with van der Waals surface area (Å²) < 4.78 is 0. The fourth-order valence-corrected chi connectivity index (χ4v) is 2.48. The van der Waals surface area contributed by atoms with E-state index >= 15 is 0 Å². The summed E-state index contributed by atoms with van der Waals surface area (Å²) in [7, 11) is 0. The molecule has 0 heterocycles. The predicted octanol–water partition coefficient (Wildman–Crippen LogP) is 3.50. The van der Waals surface area contributed by atoms with Gasteiger partial charge in [-0.3, -0.25) is 0 Å². The van der Waals surface area contributed by atoms with Crippen LogP contribution >= 0.6 is 11.8 Å². The van der Waals surface area contributed by atoms with Crippen LogP contribution in [0.3, 0.4) is 0 Å². The molecule has 1 aromatic rings. The Bertz CT molecular complexity index is 264. The summed E-state index contributed by atoms with van der Waals surface area (Å²) >= 11 is 1.96. The molecule has 0 saturated carbocycles. The Labute approximate surface area is 77.7 Å². The molecule has 0 bridgehead atoms. The lowest BCUT2D eigenvalue weighted by molar-refractivity contribution is 0.943. The molecule has 0 fully saturated rings. The second-order valence-corrected chi connectivity index (χ2v) is 4.29. The number of hydrogen-bond acceptors (Lipinski definition) is 1. The van der Waals surface area contributed by atoms with Crippen LogP contribution in [0.2, 0.25) is 0 Å². The second-order valence-electron chi connectivity index (χ2n) is 2.97. The highest BCUT2D eigenvalue weighted by Crippen LogP contribution is 2.29. The van der Waals surface area contributed by atoms with Gasteiger partial charge in [-0.2, -0.15) is 0 Å². The van der Waals surface area contributed by atoms with E-state index in [4.69, 9.17) is 0 Å². The Morgan fingerprint density at radius 3 is 2.67 bits per heavy atom. The predicted molar refractivity (Wildman–Crippen MR) is 54.5 cm³/mol. The zero-order valence-electron chi connectivity index (χ0n) is 6.94. The third-order valence-electron chi connectivity index (χ3n) is 2.00. The normalized spacial score (nSPS) is 21.5. The van der Waals surface area contributed by atoms with E-state index < -0.39 is 0 Å². The summed E-state index contributed by atoms with van der Waals surface area (Å²) in [6, 6.07) is 10.6. The standard InChI is InChI=1S/C11H12S/c1-2-6-10(7-3-1)12-11-8-4-5-9-11/h1-4,6-8,11H,5,9H2. The highest BCUT2D eigenvalue weighted by Gasteiger charge is 2.09. The van der Waals surface area contributed by atoms with Crippen molar-refractivity contribution in [2.45, 2.75) is 23.0 Å². The number of thioether (sulfide) groups is 1. The largest absolute Gasteiger partial charge is 0.119 e. The van der Waals surface area contributed by atoms with E-state index in [1.807, 2.05) is 11.8 Å². The molecule has 0 aliphatic heterocycles. The first-order chi connectivity index (χ1) is 5.95. The van der Waals surface area contributed by atoms with Crippen molar-refractivity contribution in [1.82, 2.24) is 0 Å². The minimum atomic E-state index is 0.715. The van der Waals surface area contributed by atoms with E-state index in [-0.39, 0.29) is 0 Å². The van der Waals surface area contributed by atoms with Gasteiger partial charge in [0.2, 0.25) is 0 Å². The molecule has 2 rings (SSSR count). The molecule has 0 spiro atoms. The molecule has 12 heavy (non-hydrogen) atoms.